The standard InChI is InChI=1S/C42H56ClF3N6O6/c1-2-3-24-57-37(53)15-18-49-16-8-29(9-17-49)30-10-19-50(20-11-30)39(54)36(27-28-25-33(42(44,45)46)38(47)34(43)26-28)58-41(56)51-21-13-32(14-22-51)52-23-12-31-6-4-5-7-35(31)48-40(52)55/h4-7,25-26,29-30,32,36H,2-3,8-24,27,47H2,1H3,(H,48,55)/t36-/m1/s1. The lowest BCUT2D eigenvalue weighted by atomic mass is 9.78. The number of rotatable bonds is 12. The van der Waals surface area contributed by atoms with Gasteiger partial charge in [0.2, 0.25) is 0 Å². The summed E-state index contributed by atoms with van der Waals surface area (Å²) in [6, 6.07) is 9.52. The van der Waals surface area contributed by atoms with Gasteiger partial charge >= 0.3 is 24.3 Å². The summed E-state index contributed by atoms with van der Waals surface area (Å²) in [5, 5.41) is 2.69. The van der Waals surface area contributed by atoms with E-state index in [4.69, 9.17) is 26.8 Å². The van der Waals surface area contributed by atoms with Crippen LogP contribution in [0, 0.1) is 11.8 Å². The first-order valence-electron chi connectivity index (χ1n) is 20.7. The Bertz CT molecular complexity index is 1760. The average Bonchev–Trinajstić information content (AvgIpc) is 3.38. The lowest BCUT2D eigenvalue weighted by Gasteiger charge is -2.41. The second kappa shape index (κ2) is 19.7. The predicted molar refractivity (Wildman–Crippen MR) is 214 cm³/mol. The molecule has 0 radical (unpaired) electrons. The number of para-hydroxylation sites is 1. The number of nitrogens with one attached hydrogen (secondary N) is 1. The number of nitrogen functional groups attached to an aromatic ring is 1. The van der Waals surface area contributed by atoms with Crippen molar-refractivity contribution in [1.82, 2.24) is 19.6 Å². The van der Waals surface area contributed by atoms with Gasteiger partial charge in [-0.1, -0.05) is 43.1 Å². The molecule has 6 rings (SSSR count). The van der Waals surface area contributed by atoms with E-state index < -0.39 is 35.5 Å². The Hall–Kier alpha value is -4.24. The predicted octanol–water partition coefficient (Wildman–Crippen LogP) is 7.23. The van der Waals surface area contributed by atoms with Gasteiger partial charge in [0.15, 0.2) is 6.10 Å². The fourth-order valence-electron chi connectivity index (χ4n) is 8.81. The molecule has 3 fully saturated rings. The molecule has 4 aliphatic rings. The molecule has 58 heavy (non-hydrogen) atoms. The number of hydrogen-bond acceptors (Lipinski definition) is 8. The van der Waals surface area contributed by atoms with Crippen molar-refractivity contribution >= 4 is 47.0 Å². The molecule has 1 atom stereocenters. The maximum absolute atomic E-state index is 14.2. The fraction of sp³-hybridized carbons (Fsp3) is 0.619. The monoisotopic (exact) mass is 832 g/mol. The first-order chi connectivity index (χ1) is 27.8. The summed E-state index contributed by atoms with van der Waals surface area (Å²) >= 11 is 6.15. The van der Waals surface area contributed by atoms with Gasteiger partial charge in [0.05, 0.1) is 29.3 Å². The molecule has 0 aliphatic carbocycles. The van der Waals surface area contributed by atoms with Crippen LogP contribution in [0.4, 0.5) is 34.1 Å². The summed E-state index contributed by atoms with van der Waals surface area (Å²) < 4.78 is 52.9. The number of unbranched alkanes of at least 4 members (excludes halogenated alkanes) is 1. The summed E-state index contributed by atoms with van der Waals surface area (Å²) in [5.41, 5.74) is 5.87. The van der Waals surface area contributed by atoms with Crippen molar-refractivity contribution in [2.24, 2.45) is 11.8 Å². The van der Waals surface area contributed by atoms with Crippen LogP contribution in [0.2, 0.25) is 5.02 Å². The first kappa shape index (κ1) is 43.3. The Morgan fingerprint density at radius 3 is 2.26 bits per heavy atom. The molecule has 2 aromatic rings. The van der Waals surface area contributed by atoms with Crippen LogP contribution in [0.5, 0.6) is 0 Å². The van der Waals surface area contributed by atoms with Gasteiger partial charge in [-0.25, -0.2) is 9.59 Å². The van der Waals surface area contributed by atoms with Gasteiger partial charge in [-0.2, -0.15) is 13.2 Å². The van der Waals surface area contributed by atoms with Crippen LogP contribution < -0.4 is 11.1 Å². The summed E-state index contributed by atoms with van der Waals surface area (Å²) in [6.07, 6.45) is 0.198. The van der Waals surface area contributed by atoms with Crippen LogP contribution in [-0.4, -0.2) is 115 Å². The smallest absolute Gasteiger partial charge is 0.418 e. The van der Waals surface area contributed by atoms with Gasteiger partial charge in [-0.3, -0.25) is 9.59 Å². The van der Waals surface area contributed by atoms with Crippen molar-refractivity contribution < 1.29 is 41.8 Å². The number of amides is 4. The van der Waals surface area contributed by atoms with Crippen molar-refractivity contribution in [1.29, 1.82) is 0 Å². The number of anilines is 2. The molecule has 4 aliphatic heterocycles. The van der Waals surface area contributed by atoms with E-state index in [0.29, 0.717) is 70.3 Å². The highest BCUT2D eigenvalue weighted by atomic mass is 35.5. The molecule has 2 aromatic carbocycles. The molecule has 318 valence electrons. The van der Waals surface area contributed by atoms with Gasteiger partial charge in [0, 0.05) is 57.4 Å². The number of hydrogen-bond donors (Lipinski definition) is 2. The normalized spacial score (nSPS) is 19.6. The molecule has 0 aromatic heterocycles. The number of carbonyl (C=O) groups is 4. The molecule has 0 saturated carbocycles. The van der Waals surface area contributed by atoms with Crippen molar-refractivity contribution in [3.63, 3.8) is 0 Å². The largest absolute Gasteiger partial charge is 0.466 e. The Kier molecular flexibility index (Phi) is 14.7. The quantitative estimate of drug-likeness (QED) is 0.130. The number of carbonyl (C=O) groups excluding carboxylic acids is 4. The minimum Gasteiger partial charge on any atom is -0.466 e. The zero-order valence-corrected chi connectivity index (χ0v) is 34.0. The Labute approximate surface area is 343 Å². The van der Waals surface area contributed by atoms with Crippen LogP contribution in [-0.2, 0) is 38.1 Å². The zero-order valence-electron chi connectivity index (χ0n) is 33.2. The molecular formula is C42H56ClF3N6O6. The maximum atomic E-state index is 14.2. The first-order valence-corrected chi connectivity index (χ1v) is 21.1. The molecule has 4 heterocycles. The second-order valence-electron chi connectivity index (χ2n) is 16.0. The number of likely N-dealkylation sites (tertiary alicyclic amines) is 3. The van der Waals surface area contributed by atoms with Gasteiger partial charge in [-0.05, 0) is 106 Å². The third kappa shape index (κ3) is 11.1. The maximum Gasteiger partial charge on any atom is 0.418 e. The van der Waals surface area contributed by atoms with Crippen LogP contribution in [0.1, 0.15) is 81.4 Å². The zero-order chi connectivity index (χ0) is 41.4. The molecule has 16 heteroatoms. The number of nitrogens with zero attached hydrogens (tertiary/aromatic N) is 4. The number of nitrogens with two attached hydrogens (primary N) is 1. The number of esters is 1. The topological polar surface area (TPSA) is 138 Å². The molecule has 0 bridgehead atoms. The number of urea groups is 1. The van der Waals surface area contributed by atoms with E-state index in [1.54, 1.807) is 9.80 Å². The Morgan fingerprint density at radius 1 is 0.931 bits per heavy atom. The van der Waals surface area contributed by atoms with E-state index in [-0.39, 0.29) is 48.1 Å². The number of halogens is 4. The molecular weight excluding hydrogens is 777 g/mol. The highest BCUT2D eigenvalue weighted by Gasteiger charge is 2.39. The third-order valence-corrected chi connectivity index (χ3v) is 12.6. The molecule has 12 nitrogen and oxygen atoms in total. The number of fused-ring (bicyclic) bond motifs is 1. The van der Waals surface area contributed by atoms with Crippen LogP contribution in [0.3, 0.4) is 0 Å². The summed E-state index contributed by atoms with van der Waals surface area (Å²) in [4.78, 5) is 60.3. The summed E-state index contributed by atoms with van der Waals surface area (Å²) in [6.45, 7) is 6.94. The van der Waals surface area contributed by atoms with Gasteiger partial charge in [0.25, 0.3) is 5.91 Å². The van der Waals surface area contributed by atoms with E-state index in [2.05, 4.69) is 17.1 Å². The minimum absolute atomic E-state index is 0.0698. The van der Waals surface area contributed by atoms with E-state index in [0.717, 1.165) is 68.9 Å². The third-order valence-electron chi connectivity index (χ3n) is 12.3. The van der Waals surface area contributed by atoms with Crippen molar-refractivity contribution in [3.8, 4) is 0 Å². The minimum atomic E-state index is -4.78. The summed E-state index contributed by atoms with van der Waals surface area (Å²) in [5.74, 6) is 0.254. The molecule has 4 amide bonds. The molecule has 0 unspecified atom stereocenters. The number of alkyl halides is 3. The molecule has 0 spiro atoms. The average molecular weight is 833 g/mol. The van der Waals surface area contributed by atoms with E-state index in [9.17, 15) is 32.3 Å². The highest BCUT2D eigenvalue weighted by Crippen LogP contribution is 2.39. The van der Waals surface area contributed by atoms with Crippen LogP contribution >= 0.6 is 11.6 Å². The second-order valence-corrected chi connectivity index (χ2v) is 16.4. The Balaban J connectivity index is 1.05. The van der Waals surface area contributed by atoms with Gasteiger partial charge in [0.1, 0.15) is 0 Å². The summed E-state index contributed by atoms with van der Waals surface area (Å²) in [7, 11) is 0. The van der Waals surface area contributed by atoms with E-state index in [1.165, 1.54) is 11.0 Å². The fourth-order valence-corrected chi connectivity index (χ4v) is 9.05. The van der Waals surface area contributed by atoms with Crippen molar-refractivity contribution in [3.05, 3.63) is 58.1 Å². The number of piperidine rings is 3. The van der Waals surface area contributed by atoms with Crippen LogP contribution in [0.15, 0.2) is 36.4 Å². The Morgan fingerprint density at radius 2 is 1.59 bits per heavy atom. The van der Waals surface area contributed by atoms with Crippen LogP contribution in [0.25, 0.3) is 0 Å². The number of benzene rings is 2. The molecule has 3 saturated heterocycles. The van der Waals surface area contributed by atoms with Crippen molar-refractivity contribution in [2.75, 3.05) is 70.0 Å². The lowest BCUT2D eigenvalue weighted by Crippen LogP contribution is -2.52. The van der Waals surface area contributed by atoms with Gasteiger partial charge in [-0.15, -0.1) is 0 Å². The van der Waals surface area contributed by atoms with E-state index >= 15 is 0 Å². The lowest BCUT2D eigenvalue weighted by molar-refractivity contribution is -0.144. The molecule has 3 N–H and O–H groups in total. The van der Waals surface area contributed by atoms with E-state index in [1.807, 2.05) is 24.3 Å². The number of ether oxygens (including phenoxy) is 2. The highest BCUT2D eigenvalue weighted by molar-refractivity contribution is 6.33. The van der Waals surface area contributed by atoms with Crippen molar-refractivity contribution in [2.45, 2.75) is 95.9 Å². The SMILES string of the molecule is CCCCOC(=O)CCN1CCC(C2CCN(C(=O)[C@@H](Cc3cc(Cl)c(N)c(C(F)(F)F)c3)OC(=O)N3CCC(N4CCc5ccccc5NC4=O)CC3)CC2)CC1. The van der Waals surface area contributed by atoms with Gasteiger partial charge < -0.3 is 40.1 Å².